The van der Waals surface area contributed by atoms with Gasteiger partial charge in [0.25, 0.3) is 0 Å². The molecule has 2 rings (SSSR count). The smallest absolute Gasteiger partial charge is 0.211 e. The maximum atomic E-state index is 11.6. The molecule has 0 aliphatic carbocycles. The lowest BCUT2D eigenvalue weighted by molar-refractivity contribution is -0.0119. The largest absolute Gasteiger partial charge is 0.389 e. The molecule has 2 aliphatic heterocycles. The van der Waals surface area contributed by atoms with E-state index >= 15 is 0 Å². The Morgan fingerprint density at radius 1 is 1.44 bits per heavy atom. The first-order valence-electron chi connectivity index (χ1n) is 6.77. The highest BCUT2D eigenvalue weighted by atomic mass is 32.2. The van der Waals surface area contributed by atoms with Gasteiger partial charge in [-0.1, -0.05) is 0 Å². The quantitative estimate of drug-likeness (QED) is 0.770. The molecule has 0 radical (unpaired) electrons. The molecular formula is C12H24N2O3S. The monoisotopic (exact) mass is 276 g/mol. The van der Waals surface area contributed by atoms with Crippen LogP contribution in [-0.2, 0) is 10.0 Å². The van der Waals surface area contributed by atoms with Crippen LogP contribution in [0.15, 0.2) is 0 Å². The summed E-state index contributed by atoms with van der Waals surface area (Å²) < 4.78 is 24.7. The lowest BCUT2D eigenvalue weighted by Gasteiger charge is -2.38. The molecule has 2 unspecified atom stereocenters. The van der Waals surface area contributed by atoms with Gasteiger partial charge in [-0.25, -0.2) is 12.7 Å². The predicted molar refractivity (Wildman–Crippen MR) is 70.8 cm³/mol. The van der Waals surface area contributed by atoms with E-state index < -0.39 is 15.6 Å². The normalized spacial score (nSPS) is 35.6. The van der Waals surface area contributed by atoms with Crippen molar-refractivity contribution in [3.8, 4) is 0 Å². The van der Waals surface area contributed by atoms with Crippen LogP contribution < -0.4 is 5.32 Å². The Labute approximate surface area is 110 Å². The van der Waals surface area contributed by atoms with Crippen LogP contribution in [0.3, 0.4) is 0 Å². The van der Waals surface area contributed by atoms with Gasteiger partial charge < -0.3 is 10.4 Å². The standard InChI is InChI=1S/C12H24N2O3S/c1-18(16,17)14-7-2-4-11(9-14)8-12(15)5-3-6-13-10-12/h11,13,15H,2-10H2,1H3. The van der Waals surface area contributed by atoms with E-state index in [1.807, 2.05) is 0 Å². The minimum atomic E-state index is -3.08. The van der Waals surface area contributed by atoms with Gasteiger partial charge in [0, 0.05) is 19.6 Å². The molecule has 106 valence electrons. The number of hydrogen-bond donors (Lipinski definition) is 2. The Morgan fingerprint density at radius 2 is 2.22 bits per heavy atom. The fourth-order valence-electron chi connectivity index (χ4n) is 3.16. The third-order valence-corrected chi connectivity index (χ3v) is 5.34. The first-order chi connectivity index (χ1) is 8.39. The third kappa shape index (κ3) is 3.66. The SMILES string of the molecule is CS(=O)(=O)N1CCCC(CC2(O)CCCNC2)C1. The number of sulfonamides is 1. The second kappa shape index (κ2) is 5.45. The number of piperidine rings is 2. The zero-order chi connectivity index (χ0) is 13.2. The van der Waals surface area contributed by atoms with E-state index in [1.165, 1.54) is 6.26 Å². The minimum absolute atomic E-state index is 0.290. The summed E-state index contributed by atoms with van der Waals surface area (Å²) in [5.74, 6) is 0.290. The van der Waals surface area contributed by atoms with Gasteiger partial charge in [-0.2, -0.15) is 0 Å². The molecule has 0 aromatic rings. The topological polar surface area (TPSA) is 69.6 Å². The van der Waals surface area contributed by atoms with Crippen LogP contribution in [0.5, 0.6) is 0 Å². The van der Waals surface area contributed by atoms with Crippen LogP contribution in [0.25, 0.3) is 0 Å². The molecule has 0 bridgehead atoms. The Bertz CT molecular complexity index is 377. The number of rotatable bonds is 3. The second-order valence-corrected chi connectivity index (χ2v) is 7.82. The molecule has 0 spiro atoms. The Kier molecular flexibility index (Phi) is 4.31. The first-order valence-corrected chi connectivity index (χ1v) is 8.62. The van der Waals surface area contributed by atoms with E-state index in [0.29, 0.717) is 32.0 Å². The fourth-order valence-corrected chi connectivity index (χ4v) is 4.10. The van der Waals surface area contributed by atoms with E-state index in [9.17, 15) is 13.5 Å². The average Bonchev–Trinajstić information content (AvgIpc) is 2.28. The average molecular weight is 276 g/mol. The highest BCUT2D eigenvalue weighted by Gasteiger charge is 2.35. The molecule has 0 aromatic carbocycles. The fraction of sp³-hybridized carbons (Fsp3) is 1.00. The molecule has 2 aliphatic rings. The van der Waals surface area contributed by atoms with Crippen molar-refractivity contribution in [1.82, 2.24) is 9.62 Å². The highest BCUT2D eigenvalue weighted by molar-refractivity contribution is 7.88. The third-order valence-electron chi connectivity index (χ3n) is 4.07. The molecule has 2 saturated heterocycles. The molecule has 0 saturated carbocycles. The zero-order valence-electron chi connectivity index (χ0n) is 11.1. The van der Waals surface area contributed by atoms with Gasteiger partial charge >= 0.3 is 0 Å². The minimum Gasteiger partial charge on any atom is -0.389 e. The summed E-state index contributed by atoms with van der Waals surface area (Å²) in [6.07, 6.45) is 5.74. The van der Waals surface area contributed by atoms with E-state index in [4.69, 9.17) is 0 Å². The van der Waals surface area contributed by atoms with Crippen molar-refractivity contribution in [2.75, 3.05) is 32.4 Å². The Hall–Kier alpha value is -0.170. The molecule has 6 heteroatoms. The van der Waals surface area contributed by atoms with Crippen molar-refractivity contribution in [3.63, 3.8) is 0 Å². The van der Waals surface area contributed by atoms with Gasteiger partial charge in [-0.3, -0.25) is 0 Å². The Morgan fingerprint density at radius 3 is 2.83 bits per heavy atom. The van der Waals surface area contributed by atoms with Gasteiger partial charge in [-0.15, -0.1) is 0 Å². The van der Waals surface area contributed by atoms with Crippen molar-refractivity contribution in [1.29, 1.82) is 0 Å². The molecule has 2 fully saturated rings. The van der Waals surface area contributed by atoms with E-state index in [0.717, 1.165) is 32.2 Å². The molecule has 2 heterocycles. The van der Waals surface area contributed by atoms with Gasteiger partial charge in [0.05, 0.1) is 11.9 Å². The first kappa shape index (κ1) is 14.2. The summed E-state index contributed by atoms with van der Waals surface area (Å²) in [6.45, 7) is 2.82. The van der Waals surface area contributed by atoms with Crippen molar-refractivity contribution >= 4 is 10.0 Å². The number of nitrogens with zero attached hydrogens (tertiary/aromatic N) is 1. The van der Waals surface area contributed by atoms with Gasteiger partial charge in [0.1, 0.15) is 0 Å². The number of nitrogens with one attached hydrogen (secondary N) is 1. The molecule has 0 amide bonds. The van der Waals surface area contributed by atoms with Crippen molar-refractivity contribution in [2.45, 2.75) is 37.7 Å². The number of aliphatic hydroxyl groups is 1. The van der Waals surface area contributed by atoms with E-state index in [1.54, 1.807) is 4.31 Å². The maximum Gasteiger partial charge on any atom is 0.211 e. The Balaban J connectivity index is 1.93. The van der Waals surface area contributed by atoms with Crippen LogP contribution in [0.2, 0.25) is 0 Å². The van der Waals surface area contributed by atoms with Gasteiger partial charge in [0.2, 0.25) is 10.0 Å². The summed E-state index contributed by atoms with van der Waals surface area (Å²) in [5.41, 5.74) is -0.635. The summed E-state index contributed by atoms with van der Waals surface area (Å²) in [7, 11) is -3.08. The zero-order valence-corrected chi connectivity index (χ0v) is 11.9. The van der Waals surface area contributed by atoms with Crippen LogP contribution >= 0.6 is 0 Å². The summed E-state index contributed by atoms with van der Waals surface area (Å²) in [5, 5.41) is 13.7. The van der Waals surface area contributed by atoms with Gasteiger partial charge in [0.15, 0.2) is 0 Å². The van der Waals surface area contributed by atoms with Crippen molar-refractivity contribution < 1.29 is 13.5 Å². The molecular weight excluding hydrogens is 252 g/mol. The molecule has 5 nitrogen and oxygen atoms in total. The van der Waals surface area contributed by atoms with Crippen molar-refractivity contribution in [2.24, 2.45) is 5.92 Å². The van der Waals surface area contributed by atoms with Crippen LogP contribution in [-0.4, -0.2) is 55.9 Å². The maximum absolute atomic E-state index is 11.6. The van der Waals surface area contributed by atoms with Gasteiger partial charge in [-0.05, 0) is 44.6 Å². The molecule has 2 atom stereocenters. The van der Waals surface area contributed by atoms with E-state index in [-0.39, 0.29) is 0 Å². The molecule has 2 N–H and O–H groups in total. The summed E-state index contributed by atoms with van der Waals surface area (Å²) in [4.78, 5) is 0. The summed E-state index contributed by atoms with van der Waals surface area (Å²) in [6, 6.07) is 0. The number of β-amino-alcohol motifs (C(OH)–C–C–N with tert-alkyl or cyclic N) is 1. The predicted octanol–water partition coefficient (Wildman–Crippen LogP) is 0.163. The lowest BCUT2D eigenvalue weighted by Crippen LogP contribution is -2.49. The van der Waals surface area contributed by atoms with Crippen LogP contribution in [0, 0.1) is 5.92 Å². The number of hydrogen-bond acceptors (Lipinski definition) is 4. The second-order valence-electron chi connectivity index (χ2n) is 5.84. The van der Waals surface area contributed by atoms with E-state index in [2.05, 4.69) is 5.32 Å². The van der Waals surface area contributed by atoms with Crippen LogP contribution in [0.1, 0.15) is 32.1 Å². The molecule has 0 aromatic heterocycles. The van der Waals surface area contributed by atoms with Crippen molar-refractivity contribution in [3.05, 3.63) is 0 Å². The lowest BCUT2D eigenvalue weighted by atomic mass is 9.82. The molecule has 18 heavy (non-hydrogen) atoms. The highest BCUT2D eigenvalue weighted by Crippen LogP contribution is 2.30. The van der Waals surface area contributed by atoms with Crippen LogP contribution in [0.4, 0.5) is 0 Å². The summed E-state index contributed by atoms with van der Waals surface area (Å²) >= 11 is 0.